The number of aromatic nitrogens is 1. The van der Waals surface area contributed by atoms with Gasteiger partial charge in [0, 0.05) is 24.1 Å². The highest BCUT2D eigenvalue weighted by Gasteiger charge is 3.10. The van der Waals surface area contributed by atoms with Gasteiger partial charge >= 0.3 is 5.97 Å². The molecule has 194 valence electrons. The van der Waals surface area contributed by atoms with E-state index in [4.69, 9.17) is 15.2 Å². The smallest absolute Gasteiger partial charge is 0.355 e. The highest BCUT2D eigenvalue weighted by atomic mass is 16.7. The summed E-state index contributed by atoms with van der Waals surface area (Å²) in [6.07, 6.45) is 0.181. The van der Waals surface area contributed by atoms with Crippen molar-refractivity contribution in [1.82, 2.24) is 4.98 Å². The van der Waals surface area contributed by atoms with Crippen LogP contribution in [-0.4, -0.2) is 82.4 Å². The molecule has 35 heavy (non-hydrogen) atoms. The van der Waals surface area contributed by atoms with Gasteiger partial charge in [-0.05, 0) is 43.7 Å². The number of nitrogens with one attached hydrogen (secondary N) is 1. The standard InChI is InChI=1S/C25H36N2O8/c1-12(2)22(31)17(34-16(28)14-7-6-10-27-14)23(32)18(4)11-21(30)19(22,5)25(23,33)24(35-21)15(26)13(3)8-9-20(18,24)29/h6-7,10,12-13,15,17,27,29-33H,8-9,11,26H2,1-5H3/t13-,15-,17+,18-,19+,20-,21-,22+,23+,24+,25+/m0/s1. The van der Waals surface area contributed by atoms with E-state index < -0.39 is 68.7 Å². The van der Waals surface area contributed by atoms with Crippen molar-refractivity contribution >= 4 is 5.97 Å². The fraction of sp³-hybridized carbons (Fsp3) is 0.800. The Hall–Kier alpha value is -1.53. The second-order valence-electron chi connectivity index (χ2n) is 12.5. The van der Waals surface area contributed by atoms with E-state index in [9.17, 15) is 30.3 Å². The maximum atomic E-state index is 13.2. The normalized spacial score (nSPS) is 59.8. The van der Waals surface area contributed by atoms with Crippen molar-refractivity contribution in [3.05, 3.63) is 24.0 Å². The number of esters is 1. The second kappa shape index (κ2) is 5.96. The molecule has 11 atom stereocenters. The summed E-state index contributed by atoms with van der Waals surface area (Å²) >= 11 is 0. The molecule has 6 fully saturated rings. The van der Waals surface area contributed by atoms with Crippen molar-refractivity contribution in [3.63, 3.8) is 0 Å². The minimum absolute atomic E-state index is 0.0931. The van der Waals surface area contributed by atoms with Crippen LogP contribution in [0.1, 0.15) is 64.4 Å². The largest absolute Gasteiger partial charge is 0.451 e. The first-order valence-electron chi connectivity index (χ1n) is 12.4. The zero-order chi connectivity index (χ0) is 25.8. The summed E-state index contributed by atoms with van der Waals surface area (Å²) in [5.74, 6) is -3.97. The third-order valence-electron chi connectivity index (χ3n) is 11.4. The monoisotopic (exact) mass is 492 g/mol. The van der Waals surface area contributed by atoms with Gasteiger partial charge in [-0.2, -0.15) is 0 Å². The van der Waals surface area contributed by atoms with Crippen LogP contribution in [0.15, 0.2) is 18.3 Å². The molecule has 4 aliphatic carbocycles. The van der Waals surface area contributed by atoms with Crippen molar-refractivity contribution in [2.45, 2.75) is 99.8 Å². The van der Waals surface area contributed by atoms with Gasteiger partial charge in [-0.3, -0.25) is 0 Å². The Morgan fingerprint density at radius 2 is 1.89 bits per heavy atom. The Morgan fingerprint density at radius 1 is 1.23 bits per heavy atom. The van der Waals surface area contributed by atoms with E-state index in [0.29, 0.717) is 6.42 Å². The number of aromatic amines is 1. The third-order valence-corrected chi connectivity index (χ3v) is 11.4. The summed E-state index contributed by atoms with van der Waals surface area (Å²) in [6.45, 7) is 8.21. The fourth-order valence-corrected chi connectivity index (χ4v) is 9.65. The number of rotatable bonds is 3. The van der Waals surface area contributed by atoms with Crippen LogP contribution in [0.5, 0.6) is 0 Å². The lowest BCUT2D eigenvalue weighted by Gasteiger charge is -2.61. The predicted octanol–water partition coefficient (Wildman–Crippen LogP) is -0.221. The number of H-pyrrole nitrogens is 1. The molecule has 0 radical (unpaired) electrons. The first-order chi connectivity index (χ1) is 16.0. The molecule has 3 heterocycles. The van der Waals surface area contributed by atoms with Crippen LogP contribution in [0, 0.1) is 22.7 Å². The molecule has 6 bridgehead atoms. The molecule has 6 aliphatic rings. The van der Waals surface area contributed by atoms with Gasteiger partial charge in [0.2, 0.25) is 0 Å². The molecule has 2 saturated heterocycles. The zero-order valence-electron chi connectivity index (χ0n) is 20.7. The molecule has 1 aromatic rings. The summed E-state index contributed by atoms with van der Waals surface area (Å²) in [5, 5.41) is 62.7. The Morgan fingerprint density at radius 3 is 2.46 bits per heavy atom. The van der Waals surface area contributed by atoms with E-state index in [1.807, 2.05) is 6.92 Å². The summed E-state index contributed by atoms with van der Waals surface area (Å²) in [5.41, 5.74) is -7.72. The van der Waals surface area contributed by atoms with Crippen LogP contribution in [-0.2, 0) is 9.47 Å². The van der Waals surface area contributed by atoms with E-state index in [0.717, 1.165) is 0 Å². The minimum atomic E-state index is -2.46. The highest BCUT2D eigenvalue weighted by Crippen LogP contribution is 2.90. The van der Waals surface area contributed by atoms with Crippen LogP contribution >= 0.6 is 0 Å². The van der Waals surface area contributed by atoms with Gasteiger partial charge in [0.15, 0.2) is 11.9 Å². The van der Waals surface area contributed by atoms with Gasteiger partial charge in [0.05, 0.1) is 5.41 Å². The molecule has 0 aromatic carbocycles. The van der Waals surface area contributed by atoms with Gasteiger partial charge in [0.25, 0.3) is 0 Å². The quantitative estimate of drug-likeness (QED) is 0.281. The topological polar surface area (TPSA) is 178 Å². The Bertz CT molecular complexity index is 1130. The van der Waals surface area contributed by atoms with Gasteiger partial charge < -0.3 is 45.7 Å². The Balaban J connectivity index is 1.69. The molecule has 0 amide bonds. The summed E-state index contributed by atoms with van der Waals surface area (Å²) < 4.78 is 12.2. The van der Waals surface area contributed by atoms with Gasteiger partial charge in [-0.15, -0.1) is 0 Å². The number of hydrogen-bond donors (Lipinski definition) is 7. The Labute approximate surface area is 203 Å². The van der Waals surface area contributed by atoms with Crippen molar-refractivity contribution < 1.29 is 39.8 Å². The number of ether oxygens (including phenoxy) is 2. The number of carbonyl (C=O) groups excluding carboxylic acids is 1. The molecule has 10 nitrogen and oxygen atoms in total. The molecular formula is C25H36N2O8. The Kier molecular flexibility index (Phi) is 4.06. The average molecular weight is 493 g/mol. The minimum Gasteiger partial charge on any atom is -0.451 e. The molecule has 0 unspecified atom stereocenters. The first kappa shape index (κ1) is 23.8. The van der Waals surface area contributed by atoms with Crippen molar-refractivity contribution in [3.8, 4) is 0 Å². The first-order valence-corrected chi connectivity index (χ1v) is 12.4. The van der Waals surface area contributed by atoms with Crippen molar-refractivity contribution in [1.29, 1.82) is 0 Å². The maximum absolute atomic E-state index is 13.2. The average Bonchev–Trinajstić information content (AvgIpc) is 3.41. The van der Waals surface area contributed by atoms with Crippen molar-refractivity contribution in [2.75, 3.05) is 0 Å². The predicted molar refractivity (Wildman–Crippen MR) is 121 cm³/mol. The molecule has 2 aliphatic heterocycles. The molecule has 7 rings (SSSR count). The van der Waals surface area contributed by atoms with Crippen LogP contribution in [0.3, 0.4) is 0 Å². The molecular weight excluding hydrogens is 456 g/mol. The lowest BCUT2D eigenvalue weighted by Crippen LogP contribution is -2.77. The van der Waals surface area contributed by atoms with Gasteiger partial charge in [0.1, 0.15) is 33.7 Å². The molecule has 1 spiro atoms. The SMILES string of the molecule is CC(C)[C@@]1(O)[C@@H](OC(=O)c2ccc[nH]2)[C@@]2(O)[C@@]3(C)C[C@]4(O)O[C@@]5([C@@H](N)[C@@H](C)CC[C@]35O)[C@@]2(O)[C@@]14C. The highest BCUT2D eigenvalue weighted by molar-refractivity contribution is 5.87. The van der Waals surface area contributed by atoms with E-state index >= 15 is 0 Å². The second-order valence-corrected chi connectivity index (χ2v) is 12.5. The molecule has 4 saturated carbocycles. The van der Waals surface area contributed by atoms with E-state index in [-0.39, 0.29) is 24.5 Å². The van der Waals surface area contributed by atoms with E-state index in [2.05, 4.69) is 4.98 Å². The van der Waals surface area contributed by atoms with Crippen LogP contribution in [0.2, 0.25) is 0 Å². The molecule has 1 aromatic heterocycles. The fourth-order valence-electron chi connectivity index (χ4n) is 9.65. The van der Waals surface area contributed by atoms with Crippen LogP contribution < -0.4 is 5.73 Å². The maximum Gasteiger partial charge on any atom is 0.355 e. The van der Waals surface area contributed by atoms with E-state index in [1.165, 1.54) is 19.2 Å². The molecule has 10 heteroatoms. The lowest BCUT2D eigenvalue weighted by molar-refractivity contribution is -0.380. The van der Waals surface area contributed by atoms with Gasteiger partial charge in [-0.1, -0.05) is 27.7 Å². The zero-order valence-corrected chi connectivity index (χ0v) is 20.7. The summed E-state index contributed by atoms with van der Waals surface area (Å²) in [7, 11) is 0. The van der Waals surface area contributed by atoms with Crippen LogP contribution in [0.4, 0.5) is 0 Å². The summed E-state index contributed by atoms with van der Waals surface area (Å²) in [4.78, 5) is 15.9. The van der Waals surface area contributed by atoms with E-state index in [1.54, 1.807) is 26.8 Å². The number of carbonyl (C=O) groups is 1. The number of aliphatic hydroxyl groups is 5. The van der Waals surface area contributed by atoms with Crippen LogP contribution in [0.25, 0.3) is 0 Å². The van der Waals surface area contributed by atoms with Crippen molar-refractivity contribution in [2.24, 2.45) is 28.4 Å². The lowest BCUT2D eigenvalue weighted by atomic mass is 9.52. The number of nitrogens with two attached hydrogens (primary N) is 1. The molecule has 8 N–H and O–H groups in total. The summed E-state index contributed by atoms with van der Waals surface area (Å²) in [6, 6.07) is 2.12. The third kappa shape index (κ3) is 1.74. The number of hydrogen-bond acceptors (Lipinski definition) is 9. The van der Waals surface area contributed by atoms with Gasteiger partial charge in [-0.25, -0.2) is 4.79 Å².